The SMILES string of the molecule is Cc1ccc(C)c(OCC(=O)N/N=C\c2c(O)ccc3ccccc23)c1C. The zero-order valence-electron chi connectivity index (χ0n) is 15.6. The number of phenolic OH excluding ortho intramolecular Hbond substituents is 1. The van der Waals surface area contributed by atoms with Crippen molar-refractivity contribution in [2.45, 2.75) is 20.8 Å². The number of amides is 1. The predicted octanol–water partition coefficient (Wildman–Crippen LogP) is 4.00. The third-order valence-corrected chi connectivity index (χ3v) is 4.55. The summed E-state index contributed by atoms with van der Waals surface area (Å²) >= 11 is 0. The molecule has 0 aliphatic heterocycles. The summed E-state index contributed by atoms with van der Waals surface area (Å²) in [5.74, 6) is 0.459. The number of nitrogens with one attached hydrogen (secondary N) is 1. The Bertz CT molecular complexity index is 1030. The van der Waals surface area contributed by atoms with Crippen molar-refractivity contribution >= 4 is 22.9 Å². The topological polar surface area (TPSA) is 70.9 Å². The maximum absolute atomic E-state index is 12.1. The van der Waals surface area contributed by atoms with E-state index in [1.54, 1.807) is 6.07 Å². The maximum atomic E-state index is 12.1. The highest BCUT2D eigenvalue weighted by Gasteiger charge is 2.09. The molecule has 0 radical (unpaired) electrons. The lowest BCUT2D eigenvalue weighted by Gasteiger charge is -2.13. The fraction of sp³-hybridized carbons (Fsp3) is 0.182. The molecule has 2 N–H and O–H groups in total. The average molecular weight is 362 g/mol. The van der Waals surface area contributed by atoms with Crippen molar-refractivity contribution in [3.05, 3.63) is 70.8 Å². The lowest BCUT2D eigenvalue weighted by molar-refractivity contribution is -0.123. The van der Waals surface area contributed by atoms with Gasteiger partial charge < -0.3 is 9.84 Å². The largest absolute Gasteiger partial charge is 0.507 e. The van der Waals surface area contributed by atoms with Crippen molar-refractivity contribution in [3.63, 3.8) is 0 Å². The number of fused-ring (bicyclic) bond motifs is 1. The number of aryl methyl sites for hydroxylation is 2. The molecule has 0 spiro atoms. The zero-order valence-corrected chi connectivity index (χ0v) is 15.6. The Labute approximate surface area is 158 Å². The highest BCUT2D eigenvalue weighted by molar-refractivity contribution is 6.02. The molecule has 3 aromatic rings. The van der Waals surface area contributed by atoms with Crippen molar-refractivity contribution in [2.24, 2.45) is 5.10 Å². The normalized spacial score (nSPS) is 11.1. The van der Waals surface area contributed by atoms with E-state index in [0.29, 0.717) is 5.56 Å². The smallest absolute Gasteiger partial charge is 0.277 e. The van der Waals surface area contributed by atoms with E-state index in [2.05, 4.69) is 10.5 Å². The van der Waals surface area contributed by atoms with Crippen molar-refractivity contribution in [2.75, 3.05) is 6.61 Å². The van der Waals surface area contributed by atoms with E-state index >= 15 is 0 Å². The number of hydrogen-bond donors (Lipinski definition) is 2. The molecule has 138 valence electrons. The summed E-state index contributed by atoms with van der Waals surface area (Å²) in [5.41, 5.74) is 6.11. The Morgan fingerprint density at radius 1 is 1.07 bits per heavy atom. The van der Waals surface area contributed by atoms with E-state index in [1.807, 2.05) is 63.2 Å². The molecule has 5 nitrogen and oxygen atoms in total. The van der Waals surface area contributed by atoms with Crippen molar-refractivity contribution in [1.29, 1.82) is 0 Å². The van der Waals surface area contributed by atoms with Gasteiger partial charge in [0.25, 0.3) is 5.91 Å². The molecule has 3 aromatic carbocycles. The van der Waals surface area contributed by atoms with Crippen LogP contribution in [0.25, 0.3) is 10.8 Å². The Morgan fingerprint density at radius 3 is 2.63 bits per heavy atom. The number of rotatable bonds is 5. The summed E-state index contributed by atoms with van der Waals surface area (Å²) in [5, 5.41) is 15.9. The van der Waals surface area contributed by atoms with Gasteiger partial charge in [-0.25, -0.2) is 5.43 Å². The molecule has 0 fully saturated rings. The van der Waals surface area contributed by atoms with Gasteiger partial charge in [0.15, 0.2) is 6.61 Å². The third-order valence-electron chi connectivity index (χ3n) is 4.55. The first-order valence-electron chi connectivity index (χ1n) is 8.69. The number of hydrogen-bond acceptors (Lipinski definition) is 4. The standard InChI is InChI=1S/C22H22N2O3/c1-14-8-9-15(2)22(16(14)3)27-13-21(26)24-23-12-19-18-7-5-4-6-17(18)10-11-20(19)25/h4-12,25H,13H2,1-3H3,(H,24,26)/b23-12-. The second-order valence-corrected chi connectivity index (χ2v) is 6.45. The van der Waals surface area contributed by atoms with Gasteiger partial charge in [-0.1, -0.05) is 42.5 Å². The summed E-state index contributed by atoms with van der Waals surface area (Å²) in [7, 11) is 0. The second-order valence-electron chi connectivity index (χ2n) is 6.45. The van der Waals surface area contributed by atoms with Gasteiger partial charge in [-0.05, 0) is 54.3 Å². The van der Waals surface area contributed by atoms with Crippen LogP contribution in [0.5, 0.6) is 11.5 Å². The van der Waals surface area contributed by atoms with Crippen LogP contribution in [-0.4, -0.2) is 23.8 Å². The number of carbonyl (C=O) groups excluding carboxylic acids is 1. The van der Waals surface area contributed by atoms with Crippen LogP contribution in [0.4, 0.5) is 0 Å². The van der Waals surface area contributed by atoms with Crippen molar-refractivity contribution < 1.29 is 14.6 Å². The van der Waals surface area contributed by atoms with Crippen LogP contribution in [0.1, 0.15) is 22.3 Å². The Morgan fingerprint density at radius 2 is 1.81 bits per heavy atom. The Balaban J connectivity index is 1.67. The van der Waals surface area contributed by atoms with Crippen LogP contribution in [0, 0.1) is 20.8 Å². The first-order chi connectivity index (χ1) is 13.0. The summed E-state index contributed by atoms with van der Waals surface area (Å²) in [4.78, 5) is 12.1. The first kappa shape index (κ1) is 18.5. The van der Waals surface area contributed by atoms with Crippen molar-refractivity contribution in [3.8, 4) is 11.5 Å². The molecule has 0 heterocycles. The molecule has 0 saturated heterocycles. The van der Waals surface area contributed by atoms with E-state index in [4.69, 9.17) is 4.74 Å². The highest BCUT2D eigenvalue weighted by Crippen LogP contribution is 2.26. The molecule has 0 aliphatic rings. The molecule has 0 aliphatic carbocycles. The van der Waals surface area contributed by atoms with E-state index in [-0.39, 0.29) is 18.3 Å². The van der Waals surface area contributed by atoms with Gasteiger partial charge >= 0.3 is 0 Å². The third kappa shape index (κ3) is 4.08. The predicted molar refractivity (Wildman–Crippen MR) is 107 cm³/mol. The van der Waals surface area contributed by atoms with Gasteiger partial charge in [-0.3, -0.25) is 4.79 Å². The van der Waals surface area contributed by atoms with E-state index < -0.39 is 0 Å². The summed E-state index contributed by atoms with van der Waals surface area (Å²) in [6, 6.07) is 15.1. The van der Waals surface area contributed by atoms with Crippen LogP contribution < -0.4 is 10.2 Å². The highest BCUT2D eigenvalue weighted by atomic mass is 16.5. The monoisotopic (exact) mass is 362 g/mol. The minimum Gasteiger partial charge on any atom is -0.507 e. The summed E-state index contributed by atoms with van der Waals surface area (Å²) < 4.78 is 5.67. The van der Waals surface area contributed by atoms with Gasteiger partial charge in [0.2, 0.25) is 0 Å². The van der Waals surface area contributed by atoms with E-state index in [9.17, 15) is 9.90 Å². The number of benzene rings is 3. The molecule has 0 aromatic heterocycles. The fourth-order valence-corrected chi connectivity index (χ4v) is 2.91. The molecule has 0 saturated carbocycles. The van der Waals surface area contributed by atoms with E-state index in [1.165, 1.54) is 6.21 Å². The lowest BCUT2D eigenvalue weighted by Crippen LogP contribution is -2.25. The molecular formula is C22H22N2O3. The molecule has 0 unspecified atom stereocenters. The Kier molecular flexibility index (Phi) is 5.41. The number of phenols is 1. The van der Waals surface area contributed by atoms with Crippen LogP contribution >= 0.6 is 0 Å². The second kappa shape index (κ2) is 7.91. The van der Waals surface area contributed by atoms with E-state index in [0.717, 1.165) is 33.2 Å². The molecule has 27 heavy (non-hydrogen) atoms. The number of hydrazone groups is 1. The van der Waals surface area contributed by atoms with Gasteiger partial charge in [0.1, 0.15) is 11.5 Å². The minimum absolute atomic E-state index is 0.106. The fourth-order valence-electron chi connectivity index (χ4n) is 2.91. The summed E-state index contributed by atoms with van der Waals surface area (Å²) in [6.45, 7) is 5.78. The van der Waals surface area contributed by atoms with Crippen LogP contribution in [0.3, 0.4) is 0 Å². The molecule has 3 rings (SSSR count). The molecule has 0 bridgehead atoms. The first-order valence-corrected chi connectivity index (χ1v) is 8.69. The molecular weight excluding hydrogens is 340 g/mol. The van der Waals surface area contributed by atoms with Gasteiger partial charge in [-0.2, -0.15) is 5.10 Å². The number of ether oxygens (including phenoxy) is 1. The average Bonchev–Trinajstić information content (AvgIpc) is 2.66. The maximum Gasteiger partial charge on any atom is 0.277 e. The molecule has 1 amide bonds. The number of aromatic hydroxyl groups is 1. The number of nitrogens with zero attached hydrogens (tertiary/aromatic N) is 1. The minimum atomic E-state index is -0.369. The quantitative estimate of drug-likeness (QED) is 0.532. The zero-order chi connectivity index (χ0) is 19.4. The lowest BCUT2D eigenvalue weighted by atomic mass is 10.0. The summed E-state index contributed by atoms with van der Waals surface area (Å²) in [6.07, 6.45) is 1.44. The Hall–Kier alpha value is -3.34. The number of carbonyl (C=O) groups is 1. The van der Waals surface area contributed by atoms with Crippen LogP contribution in [0.2, 0.25) is 0 Å². The van der Waals surface area contributed by atoms with Gasteiger partial charge in [0, 0.05) is 5.56 Å². The van der Waals surface area contributed by atoms with Gasteiger partial charge in [0.05, 0.1) is 6.21 Å². The van der Waals surface area contributed by atoms with Crippen LogP contribution in [-0.2, 0) is 4.79 Å². The molecule has 5 heteroatoms. The molecule has 0 atom stereocenters. The van der Waals surface area contributed by atoms with Gasteiger partial charge in [-0.15, -0.1) is 0 Å². The van der Waals surface area contributed by atoms with Crippen LogP contribution in [0.15, 0.2) is 53.6 Å². The van der Waals surface area contributed by atoms with Crippen molar-refractivity contribution in [1.82, 2.24) is 5.43 Å².